The van der Waals surface area contributed by atoms with E-state index in [0.717, 1.165) is 5.56 Å². The Bertz CT molecular complexity index is 496. The molecule has 80 valence electrons. The van der Waals surface area contributed by atoms with E-state index in [1.807, 2.05) is 36.4 Å². The number of aliphatic hydroxyl groups is 1. The van der Waals surface area contributed by atoms with Crippen molar-refractivity contribution in [2.24, 2.45) is 5.73 Å². The summed E-state index contributed by atoms with van der Waals surface area (Å²) in [6, 6.07) is 11.1. The molecule has 3 N–H and O–H groups in total. The van der Waals surface area contributed by atoms with E-state index in [-0.39, 0.29) is 5.57 Å². The van der Waals surface area contributed by atoms with Crippen LogP contribution in [0.1, 0.15) is 5.56 Å². The Morgan fingerprint density at radius 3 is 2.62 bits per heavy atom. The summed E-state index contributed by atoms with van der Waals surface area (Å²) in [5.74, 6) is -2.05. The van der Waals surface area contributed by atoms with Gasteiger partial charge in [0, 0.05) is 5.57 Å². The van der Waals surface area contributed by atoms with Crippen molar-refractivity contribution in [2.45, 2.75) is 5.91 Å². The molecular weight excluding hydrogens is 204 g/mol. The van der Waals surface area contributed by atoms with Gasteiger partial charge >= 0.3 is 5.91 Å². The van der Waals surface area contributed by atoms with Crippen molar-refractivity contribution in [3.05, 3.63) is 53.8 Å². The lowest BCUT2D eigenvalue weighted by atomic mass is 9.97. The van der Waals surface area contributed by atoms with Gasteiger partial charge in [0.25, 0.3) is 0 Å². The average molecular weight is 214 g/mol. The number of rotatable bonds is 1. The maximum Gasteiger partial charge on any atom is 0.303 e. The molecular formula is C12H10N2O2. The third-order valence-electron chi connectivity index (χ3n) is 2.31. The van der Waals surface area contributed by atoms with Gasteiger partial charge < -0.3 is 9.84 Å². The number of ether oxygens (including phenoxy) is 1. The largest absolute Gasteiger partial charge is 0.452 e. The standard InChI is InChI=1S/C12H10N2O2/c13-8-11-10(6-7-16-12(11,14)15)9-4-2-1-3-5-9/h1-7,15H,14H2. The fraction of sp³-hybridized carbons (Fsp3) is 0.0833. The summed E-state index contributed by atoms with van der Waals surface area (Å²) >= 11 is 0. The van der Waals surface area contributed by atoms with Crippen molar-refractivity contribution < 1.29 is 9.84 Å². The van der Waals surface area contributed by atoms with Crippen LogP contribution in [0.5, 0.6) is 0 Å². The molecule has 1 aromatic carbocycles. The van der Waals surface area contributed by atoms with Gasteiger partial charge in [-0.15, -0.1) is 0 Å². The van der Waals surface area contributed by atoms with E-state index in [9.17, 15) is 5.11 Å². The van der Waals surface area contributed by atoms with Gasteiger partial charge in [-0.3, -0.25) is 5.73 Å². The second kappa shape index (κ2) is 3.81. The van der Waals surface area contributed by atoms with E-state index in [2.05, 4.69) is 0 Å². The first-order chi connectivity index (χ1) is 7.65. The second-order valence-electron chi connectivity index (χ2n) is 3.38. The molecule has 2 rings (SSSR count). The molecule has 16 heavy (non-hydrogen) atoms. The van der Waals surface area contributed by atoms with Crippen LogP contribution in [0, 0.1) is 11.3 Å². The second-order valence-corrected chi connectivity index (χ2v) is 3.38. The zero-order chi connectivity index (χ0) is 11.6. The molecule has 1 heterocycles. The van der Waals surface area contributed by atoms with Gasteiger partial charge in [0.1, 0.15) is 11.6 Å². The Kier molecular flexibility index (Phi) is 2.49. The van der Waals surface area contributed by atoms with Crippen LogP contribution in [0.25, 0.3) is 5.57 Å². The molecule has 0 radical (unpaired) electrons. The van der Waals surface area contributed by atoms with Gasteiger partial charge in [-0.05, 0) is 11.6 Å². The third-order valence-corrected chi connectivity index (χ3v) is 2.31. The van der Waals surface area contributed by atoms with E-state index in [1.165, 1.54) is 6.26 Å². The highest BCUT2D eigenvalue weighted by molar-refractivity contribution is 5.80. The summed E-state index contributed by atoms with van der Waals surface area (Å²) in [6.07, 6.45) is 2.89. The van der Waals surface area contributed by atoms with Crippen LogP contribution in [-0.4, -0.2) is 11.0 Å². The van der Waals surface area contributed by atoms with E-state index >= 15 is 0 Å². The number of nitrogens with two attached hydrogens (primary N) is 1. The van der Waals surface area contributed by atoms with Gasteiger partial charge in [0.2, 0.25) is 0 Å². The SMILES string of the molecule is N#CC1=C(c2ccccc2)C=COC1(N)O. The zero-order valence-corrected chi connectivity index (χ0v) is 8.42. The number of hydrogen-bond acceptors (Lipinski definition) is 4. The first-order valence-electron chi connectivity index (χ1n) is 4.71. The summed E-state index contributed by atoms with van der Waals surface area (Å²) in [7, 11) is 0. The molecule has 0 fully saturated rings. The smallest absolute Gasteiger partial charge is 0.303 e. The number of benzene rings is 1. The fourth-order valence-electron chi connectivity index (χ4n) is 1.54. The van der Waals surface area contributed by atoms with E-state index in [4.69, 9.17) is 15.7 Å². The summed E-state index contributed by atoms with van der Waals surface area (Å²) < 4.78 is 4.79. The van der Waals surface area contributed by atoms with Crippen LogP contribution in [-0.2, 0) is 4.74 Å². The van der Waals surface area contributed by atoms with Gasteiger partial charge in [-0.1, -0.05) is 30.3 Å². The first-order valence-corrected chi connectivity index (χ1v) is 4.71. The van der Waals surface area contributed by atoms with Crippen LogP contribution in [0.2, 0.25) is 0 Å². The highest BCUT2D eigenvalue weighted by atomic mass is 16.6. The molecule has 0 spiro atoms. The van der Waals surface area contributed by atoms with Crippen LogP contribution in [0.4, 0.5) is 0 Å². The van der Waals surface area contributed by atoms with Gasteiger partial charge in [0.05, 0.1) is 6.26 Å². The van der Waals surface area contributed by atoms with Crippen molar-refractivity contribution in [2.75, 3.05) is 0 Å². The lowest BCUT2D eigenvalue weighted by Crippen LogP contribution is -2.44. The van der Waals surface area contributed by atoms with Crippen molar-refractivity contribution in [3.8, 4) is 6.07 Å². The minimum Gasteiger partial charge on any atom is -0.452 e. The third kappa shape index (κ3) is 1.70. The summed E-state index contributed by atoms with van der Waals surface area (Å²) in [5, 5.41) is 18.7. The summed E-state index contributed by atoms with van der Waals surface area (Å²) in [5.41, 5.74) is 6.84. The molecule has 1 unspecified atom stereocenters. The van der Waals surface area contributed by atoms with Crippen LogP contribution in [0.15, 0.2) is 48.2 Å². The lowest BCUT2D eigenvalue weighted by molar-refractivity contribution is -0.128. The Labute approximate surface area is 92.9 Å². The molecule has 0 aromatic heterocycles. The predicted molar refractivity (Wildman–Crippen MR) is 58.3 cm³/mol. The molecule has 1 aliphatic heterocycles. The van der Waals surface area contributed by atoms with Crippen molar-refractivity contribution in [1.29, 1.82) is 5.26 Å². The van der Waals surface area contributed by atoms with E-state index < -0.39 is 5.91 Å². The van der Waals surface area contributed by atoms with Crippen LogP contribution in [0.3, 0.4) is 0 Å². The summed E-state index contributed by atoms with van der Waals surface area (Å²) in [6.45, 7) is 0. The number of allylic oxidation sites excluding steroid dienone is 2. The first kappa shape index (κ1) is 10.4. The molecule has 0 saturated carbocycles. The number of nitrogens with zero attached hydrogens (tertiary/aromatic N) is 1. The summed E-state index contributed by atoms with van der Waals surface area (Å²) in [4.78, 5) is 0. The van der Waals surface area contributed by atoms with Crippen molar-refractivity contribution >= 4 is 5.57 Å². The minimum atomic E-state index is -2.05. The average Bonchev–Trinajstić information content (AvgIpc) is 2.28. The molecule has 4 nitrogen and oxygen atoms in total. The highest BCUT2D eigenvalue weighted by Gasteiger charge is 2.33. The number of nitriles is 1. The van der Waals surface area contributed by atoms with Crippen LogP contribution >= 0.6 is 0 Å². The maximum atomic E-state index is 9.69. The molecule has 0 aliphatic carbocycles. The predicted octanol–water partition coefficient (Wildman–Crippen LogP) is 1.11. The Morgan fingerprint density at radius 2 is 2.00 bits per heavy atom. The topological polar surface area (TPSA) is 79.3 Å². The molecule has 0 saturated heterocycles. The zero-order valence-electron chi connectivity index (χ0n) is 8.42. The molecule has 0 amide bonds. The Balaban J connectivity index is 2.59. The minimum absolute atomic E-state index is 0.00111. The quantitative estimate of drug-likeness (QED) is 0.686. The maximum absolute atomic E-state index is 9.69. The van der Waals surface area contributed by atoms with Crippen molar-refractivity contribution in [3.63, 3.8) is 0 Å². The van der Waals surface area contributed by atoms with Gasteiger partial charge in [-0.2, -0.15) is 5.26 Å². The monoisotopic (exact) mass is 214 g/mol. The van der Waals surface area contributed by atoms with Crippen LogP contribution < -0.4 is 5.73 Å². The van der Waals surface area contributed by atoms with E-state index in [0.29, 0.717) is 5.57 Å². The molecule has 1 aromatic rings. The van der Waals surface area contributed by atoms with Gasteiger partial charge in [0.15, 0.2) is 0 Å². The van der Waals surface area contributed by atoms with E-state index in [1.54, 1.807) is 6.08 Å². The highest BCUT2D eigenvalue weighted by Crippen LogP contribution is 2.29. The molecule has 4 heteroatoms. The Morgan fingerprint density at radius 1 is 1.31 bits per heavy atom. The fourth-order valence-corrected chi connectivity index (χ4v) is 1.54. The molecule has 0 bridgehead atoms. The van der Waals surface area contributed by atoms with Gasteiger partial charge in [-0.25, -0.2) is 0 Å². The number of hydrogen-bond donors (Lipinski definition) is 2. The molecule has 1 atom stereocenters. The lowest BCUT2D eigenvalue weighted by Gasteiger charge is -2.26. The molecule has 1 aliphatic rings. The Hall–Kier alpha value is -2.09. The normalized spacial score (nSPS) is 23.8. The van der Waals surface area contributed by atoms with Crippen molar-refractivity contribution in [1.82, 2.24) is 0 Å².